The van der Waals surface area contributed by atoms with Crippen molar-refractivity contribution in [2.45, 2.75) is 69.7 Å². The van der Waals surface area contributed by atoms with Crippen molar-refractivity contribution in [3.63, 3.8) is 0 Å². The van der Waals surface area contributed by atoms with Gasteiger partial charge in [-0.1, -0.05) is 18.2 Å². The zero-order valence-electron chi connectivity index (χ0n) is 16.7. The second kappa shape index (κ2) is 7.80. The van der Waals surface area contributed by atoms with E-state index in [2.05, 4.69) is 29.2 Å². The molecule has 4 rings (SSSR count). The smallest absolute Gasteiger partial charge is 0.219 e. The Hall–Kier alpha value is -1.59. The Labute approximate surface area is 162 Å². The number of hydrogen-bond acceptors (Lipinski definition) is 4. The van der Waals surface area contributed by atoms with E-state index in [9.17, 15) is 4.79 Å². The first-order valence-electron chi connectivity index (χ1n) is 10.4. The van der Waals surface area contributed by atoms with Crippen LogP contribution in [-0.2, 0) is 16.1 Å². The molecule has 1 saturated heterocycles. The van der Waals surface area contributed by atoms with Crippen LogP contribution in [0.5, 0.6) is 5.75 Å². The summed E-state index contributed by atoms with van der Waals surface area (Å²) in [5, 5.41) is 0. The summed E-state index contributed by atoms with van der Waals surface area (Å²) in [5.41, 5.74) is 1.16. The number of ether oxygens (including phenoxy) is 2. The molecule has 1 amide bonds. The van der Waals surface area contributed by atoms with Gasteiger partial charge >= 0.3 is 0 Å². The Bertz CT molecular complexity index is 663. The van der Waals surface area contributed by atoms with Gasteiger partial charge in [0.05, 0.1) is 0 Å². The molecule has 2 heterocycles. The standard InChI is InChI=1S/C22H32N2O3/c1-17(25)23(2)19-7-11-22(12-8-19)16-24(20-9-13-26-14-10-20)15-18-5-3-4-6-21(18)27-22/h3-6,19-20H,7-16H2,1-2H3. The van der Waals surface area contributed by atoms with Gasteiger partial charge in [-0.2, -0.15) is 0 Å². The Balaban J connectivity index is 1.55. The monoisotopic (exact) mass is 372 g/mol. The Morgan fingerprint density at radius 3 is 2.56 bits per heavy atom. The third-order valence-corrected chi connectivity index (χ3v) is 6.78. The fraction of sp³-hybridized carbons (Fsp3) is 0.682. The molecule has 0 N–H and O–H groups in total. The molecule has 1 aliphatic carbocycles. The number of carbonyl (C=O) groups excluding carboxylic acids is 1. The number of rotatable bonds is 2. The average molecular weight is 373 g/mol. The van der Waals surface area contributed by atoms with Gasteiger partial charge in [0.2, 0.25) is 5.91 Å². The largest absolute Gasteiger partial charge is 0.486 e. The molecule has 3 aliphatic rings. The van der Waals surface area contributed by atoms with Crippen LogP contribution >= 0.6 is 0 Å². The van der Waals surface area contributed by atoms with Gasteiger partial charge in [0.1, 0.15) is 11.4 Å². The summed E-state index contributed by atoms with van der Waals surface area (Å²) < 4.78 is 12.3. The molecule has 27 heavy (non-hydrogen) atoms. The van der Waals surface area contributed by atoms with E-state index in [1.807, 2.05) is 11.9 Å². The first-order valence-corrected chi connectivity index (χ1v) is 10.4. The van der Waals surface area contributed by atoms with E-state index in [0.29, 0.717) is 12.1 Å². The zero-order chi connectivity index (χ0) is 18.9. The number of benzene rings is 1. The molecule has 0 atom stereocenters. The lowest BCUT2D eigenvalue weighted by atomic mass is 9.80. The van der Waals surface area contributed by atoms with Crippen molar-refractivity contribution in [3.05, 3.63) is 29.8 Å². The van der Waals surface area contributed by atoms with Gasteiger partial charge in [0, 0.05) is 57.9 Å². The predicted octanol–water partition coefficient (Wildman–Crippen LogP) is 3.22. The van der Waals surface area contributed by atoms with Crippen molar-refractivity contribution in [1.29, 1.82) is 0 Å². The number of para-hydroxylation sites is 1. The summed E-state index contributed by atoms with van der Waals surface area (Å²) in [7, 11) is 1.93. The molecule has 5 heteroatoms. The fourth-order valence-electron chi connectivity index (χ4n) is 4.99. The van der Waals surface area contributed by atoms with Crippen molar-refractivity contribution < 1.29 is 14.3 Å². The second-order valence-corrected chi connectivity index (χ2v) is 8.50. The van der Waals surface area contributed by atoms with E-state index >= 15 is 0 Å². The van der Waals surface area contributed by atoms with Gasteiger partial charge in [0.15, 0.2) is 0 Å². The first-order chi connectivity index (χ1) is 13.1. The van der Waals surface area contributed by atoms with Crippen LogP contribution in [0, 0.1) is 0 Å². The quantitative estimate of drug-likeness (QED) is 0.799. The van der Waals surface area contributed by atoms with Gasteiger partial charge < -0.3 is 14.4 Å². The number of nitrogens with zero attached hydrogens (tertiary/aromatic N) is 2. The lowest BCUT2D eigenvalue weighted by Crippen LogP contribution is -2.53. The topological polar surface area (TPSA) is 42.0 Å². The number of carbonyl (C=O) groups is 1. The molecule has 0 unspecified atom stereocenters. The van der Waals surface area contributed by atoms with E-state index < -0.39 is 0 Å². The van der Waals surface area contributed by atoms with Crippen molar-refractivity contribution in [2.24, 2.45) is 0 Å². The van der Waals surface area contributed by atoms with E-state index in [1.54, 1.807) is 6.92 Å². The van der Waals surface area contributed by atoms with Crippen LogP contribution in [0.25, 0.3) is 0 Å². The van der Waals surface area contributed by atoms with Crippen LogP contribution in [0.2, 0.25) is 0 Å². The summed E-state index contributed by atoms with van der Waals surface area (Å²) in [4.78, 5) is 16.3. The first kappa shape index (κ1) is 18.8. The highest BCUT2D eigenvalue weighted by Crippen LogP contribution is 2.40. The zero-order valence-corrected chi connectivity index (χ0v) is 16.7. The van der Waals surface area contributed by atoms with Crippen LogP contribution in [0.3, 0.4) is 0 Å². The highest BCUT2D eigenvalue weighted by Gasteiger charge is 2.43. The van der Waals surface area contributed by atoms with E-state index in [4.69, 9.17) is 9.47 Å². The van der Waals surface area contributed by atoms with E-state index in [1.165, 1.54) is 5.56 Å². The lowest BCUT2D eigenvalue weighted by Gasteiger charge is -2.45. The summed E-state index contributed by atoms with van der Waals surface area (Å²) in [6.45, 7) is 5.32. The van der Waals surface area contributed by atoms with Crippen molar-refractivity contribution in [1.82, 2.24) is 9.80 Å². The fourth-order valence-corrected chi connectivity index (χ4v) is 4.99. The maximum absolute atomic E-state index is 11.8. The lowest BCUT2D eigenvalue weighted by molar-refractivity contribution is -0.131. The molecule has 1 aromatic rings. The summed E-state index contributed by atoms with van der Waals surface area (Å²) in [6, 6.07) is 9.43. The predicted molar refractivity (Wildman–Crippen MR) is 105 cm³/mol. The van der Waals surface area contributed by atoms with Crippen LogP contribution in [0.1, 0.15) is 51.0 Å². The molecule has 148 valence electrons. The van der Waals surface area contributed by atoms with Crippen molar-refractivity contribution in [2.75, 3.05) is 26.8 Å². The molecular weight excluding hydrogens is 340 g/mol. The summed E-state index contributed by atoms with van der Waals surface area (Å²) >= 11 is 0. The Morgan fingerprint density at radius 2 is 1.85 bits per heavy atom. The molecule has 0 aromatic heterocycles. The van der Waals surface area contributed by atoms with Crippen LogP contribution < -0.4 is 4.74 Å². The molecule has 2 aliphatic heterocycles. The molecule has 1 spiro atoms. The Kier molecular flexibility index (Phi) is 5.42. The highest BCUT2D eigenvalue weighted by atomic mass is 16.5. The van der Waals surface area contributed by atoms with E-state index in [-0.39, 0.29) is 11.5 Å². The number of hydrogen-bond donors (Lipinski definition) is 0. The van der Waals surface area contributed by atoms with Crippen LogP contribution in [0.4, 0.5) is 0 Å². The average Bonchev–Trinajstić information content (AvgIpc) is 2.85. The third kappa shape index (κ3) is 3.99. The minimum absolute atomic E-state index is 0.140. The van der Waals surface area contributed by atoms with Gasteiger partial charge in [-0.15, -0.1) is 0 Å². The Morgan fingerprint density at radius 1 is 1.15 bits per heavy atom. The van der Waals surface area contributed by atoms with Crippen molar-refractivity contribution >= 4 is 5.91 Å². The molecular formula is C22H32N2O3. The minimum atomic E-state index is -0.140. The van der Waals surface area contributed by atoms with Gasteiger partial charge in [-0.25, -0.2) is 0 Å². The SMILES string of the molecule is CC(=O)N(C)C1CCC2(CC1)CN(C1CCOCC1)Cc1ccccc1O2. The maximum Gasteiger partial charge on any atom is 0.219 e. The third-order valence-electron chi connectivity index (χ3n) is 6.78. The molecule has 1 aromatic carbocycles. The van der Waals surface area contributed by atoms with E-state index in [0.717, 1.165) is 70.6 Å². The summed E-state index contributed by atoms with van der Waals surface area (Å²) in [6.07, 6.45) is 6.24. The van der Waals surface area contributed by atoms with Gasteiger partial charge in [-0.3, -0.25) is 9.69 Å². The molecule has 0 radical (unpaired) electrons. The van der Waals surface area contributed by atoms with Crippen molar-refractivity contribution in [3.8, 4) is 5.75 Å². The molecule has 2 fully saturated rings. The van der Waals surface area contributed by atoms with Crippen LogP contribution in [-0.4, -0.2) is 60.2 Å². The van der Waals surface area contributed by atoms with Gasteiger partial charge in [-0.05, 0) is 44.6 Å². The minimum Gasteiger partial charge on any atom is -0.486 e. The van der Waals surface area contributed by atoms with Crippen LogP contribution in [0.15, 0.2) is 24.3 Å². The highest BCUT2D eigenvalue weighted by molar-refractivity contribution is 5.73. The molecule has 1 saturated carbocycles. The normalized spacial score (nSPS) is 29.6. The maximum atomic E-state index is 11.8. The summed E-state index contributed by atoms with van der Waals surface area (Å²) in [5.74, 6) is 1.21. The number of fused-ring (bicyclic) bond motifs is 1. The van der Waals surface area contributed by atoms with Gasteiger partial charge in [0.25, 0.3) is 0 Å². The molecule has 5 nitrogen and oxygen atoms in total. The number of amides is 1. The second-order valence-electron chi connectivity index (χ2n) is 8.50. The molecule has 0 bridgehead atoms.